The van der Waals surface area contributed by atoms with Gasteiger partial charge in [0.1, 0.15) is 0 Å². The molecule has 0 spiro atoms. The Hall–Kier alpha value is -0.340. The Morgan fingerprint density at radius 3 is 1.61 bits per heavy atom. The standard InChI is InChI=1S/C21H43NO/c1-2-3-4-5-6-7-8-9-10-11-12-13-14-15-16-17-18-19-22-20-21-23/h9-10,22-23H,2-8,11-21H2,1H3/b10-9-. The smallest absolute Gasteiger partial charge is 0.0555 e. The van der Waals surface area contributed by atoms with Crippen molar-refractivity contribution in [2.24, 2.45) is 0 Å². The molecule has 0 fully saturated rings. The predicted octanol–water partition coefficient (Wildman–Crippen LogP) is 6.00. The zero-order valence-corrected chi connectivity index (χ0v) is 15.8. The summed E-state index contributed by atoms with van der Waals surface area (Å²) in [5.41, 5.74) is 0. The van der Waals surface area contributed by atoms with Crippen LogP contribution in [-0.2, 0) is 0 Å². The Labute approximate surface area is 146 Å². The molecule has 0 aliphatic heterocycles. The predicted molar refractivity (Wildman–Crippen MR) is 104 cm³/mol. The summed E-state index contributed by atoms with van der Waals surface area (Å²) in [5, 5.41) is 11.9. The Morgan fingerprint density at radius 1 is 0.609 bits per heavy atom. The van der Waals surface area contributed by atoms with Crippen LogP contribution in [0.3, 0.4) is 0 Å². The van der Waals surface area contributed by atoms with E-state index in [0.29, 0.717) is 0 Å². The van der Waals surface area contributed by atoms with Crippen LogP contribution in [0, 0.1) is 0 Å². The highest BCUT2D eigenvalue weighted by molar-refractivity contribution is 4.81. The molecule has 0 amide bonds. The number of aliphatic hydroxyl groups excluding tert-OH is 1. The molecule has 0 aliphatic carbocycles. The summed E-state index contributed by atoms with van der Waals surface area (Å²) in [6, 6.07) is 0. The van der Waals surface area contributed by atoms with Gasteiger partial charge in [0.2, 0.25) is 0 Å². The van der Waals surface area contributed by atoms with Crippen molar-refractivity contribution >= 4 is 0 Å². The Kier molecular flexibility index (Phi) is 21.3. The van der Waals surface area contributed by atoms with Gasteiger partial charge < -0.3 is 10.4 Å². The molecular formula is C21H43NO. The summed E-state index contributed by atoms with van der Waals surface area (Å²) >= 11 is 0. The Balaban J connectivity index is 3.02. The average Bonchev–Trinajstić information content (AvgIpc) is 2.57. The number of rotatable bonds is 19. The highest BCUT2D eigenvalue weighted by atomic mass is 16.3. The molecule has 0 radical (unpaired) electrons. The molecule has 0 aromatic heterocycles. The Bertz CT molecular complexity index is 228. The first-order valence-electron chi connectivity index (χ1n) is 10.4. The molecule has 0 unspecified atom stereocenters. The van der Waals surface area contributed by atoms with Crippen molar-refractivity contribution in [1.29, 1.82) is 0 Å². The van der Waals surface area contributed by atoms with Gasteiger partial charge in [0.25, 0.3) is 0 Å². The molecule has 0 heterocycles. The van der Waals surface area contributed by atoms with E-state index in [1.807, 2.05) is 0 Å². The number of allylic oxidation sites excluding steroid dienone is 2. The van der Waals surface area contributed by atoms with Crippen molar-refractivity contribution in [3.8, 4) is 0 Å². The van der Waals surface area contributed by atoms with E-state index in [0.717, 1.165) is 13.1 Å². The minimum Gasteiger partial charge on any atom is -0.395 e. The lowest BCUT2D eigenvalue weighted by Crippen LogP contribution is -2.19. The van der Waals surface area contributed by atoms with E-state index in [1.165, 1.54) is 96.3 Å². The molecule has 0 aliphatic rings. The van der Waals surface area contributed by atoms with Crippen LogP contribution in [0.4, 0.5) is 0 Å². The van der Waals surface area contributed by atoms with Gasteiger partial charge >= 0.3 is 0 Å². The van der Waals surface area contributed by atoms with Crippen LogP contribution in [0.2, 0.25) is 0 Å². The zero-order chi connectivity index (χ0) is 16.8. The average molecular weight is 326 g/mol. The topological polar surface area (TPSA) is 32.3 Å². The van der Waals surface area contributed by atoms with Crippen molar-refractivity contribution in [2.75, 3.05) is 19.7 Å². The molecular weight excluding hydrogens is 282 g/mol. The molecule has 0 aromatic rings. The van der Waals surface area contributed by atoms with Crippen molar-refractivity contribution in [3.05, 3.63) is 12.2 Å². The van der Waals surface area contributed by atoms with Crippen LogP contribution in [-0.4, -0.2) is 24.8 Å². The molecule has 0 atom stereocenters. The van der Waals surface area contributed by atoms with Gasteiger partial charge in [-0.3, -0.25) is 0 Å². The summed E-state index contributed by atoms with van der Waals surface area (Å²) < 4.78 is 0. The molecule has 0 aromatic carbocycles. The van der Waals surface area contributed by atoms with Gasteiger partial charge in [0, 0.05) is 6.54 Å². The first-order chi connectivity index (χ1) is 11.4. The number of hydrogen-bond donors (Lipinski definition) is 2. The molecule has 2 heteroatoms. The zero-order valence-electron chi connectivity index (χ0n) is 15.8. The first-order valence-corrected chi connectivity index (χ1v) is 10.4. The maximum atomic E-state index is 8.64. The summed E-state index contributed by atoms with van der Waals surface area (Å²) in [4.78, 5) is 0. The summed E-state index contributed by atoms with van der Waals surface area (Å²) in [7, 11) is 0. The van der Waals surface area contributed by atoms with Crippen LogP contribution in [0.5, 0.6) is 0 Å². The monoisotopic (exact) mass is 325 g/mol. The van der Waals surface area contributed by atoms with Gasteiger partial charge in [-0.1, -0.05) is 83.3 Å². The number of nitrogens with one attached hydrogen (secondary N) is 1. The van der Waals surface area contributed by atoms with E-state index < -0.39 is 0 Å². The minimum atomic E-state index is 0.257. The van der Waals surface area contributed by atoms with Crippen LogP contribution >= 0.6 is 0 Å². The van der Waals surface area contributed by atoms with Crippen molar-refractivity contribution < 1.29 is 5.11 Å². The highest BCUT2D eigenvalue weighted by Crippen LogP contribution is 2.10. The summed E-state index contributed by atoms with van der Waals surface area (Å²) in [6.45, 7) is 4.34. The molecule has 0 bridgehead atoms. The summed E-state index contributed by atoms with van der Waals surface area (Å²) in [6.07, 6.45) is 25.3. The SMILES string of the molecule is CCCCCCCC/C=C\CCCCCCCCCNCCO. The van der Waals surface area contributed by atoms with E-state index in [1.54, 1.807) is 0 Å². The molecule has 23 heavy (non-hydrogen) atoms. The van der Waals surface area contributed by atoms with Gasteiger partial charge in [-0.2, -0.15) is 0 Å². The highest BCUT2D eigenvalue weighted by Gasteiger charge is 1.92. The van der Waals surface area contributed by atoms with Gasteiger partial charge in [0.15, 0.2) is 0 Å². The van der Waals surface area contributed by atoms with E-state index in [2.05, 4.69) is 24.4 Å². The van der Waals surface area contributed by atoms with Crippen LogP contribution < -0.4 is 5.32 Å². The van der Waals surface area contributed by atoms with E-state index in [9.17, 15) is 0 Å². The molecule has 0 rings (SSSR count). The Morgan fingerprint density at radius 2 is 1.09 bits per heavy atom. The third kappa shape index (κ3) is 21.7. The number of unbranched alkanes of at least 4 members (excludes halogenated alkanes) is 13. The molecule has 0 saturated carbocycles. The second-order valence-corrected chi connectivity index (χ2v) is 6.77. The maximum Gasteiger partial charge on any atom is 0.0555 e. The molecule has 138 valence electrons. The summed E-state index contributed by atoms with van der Waals surface area (Å²) in [5.74, 6) is 0. The maximum absolute atomic E-state index is 8.64. The lowest BCUT2D eigenvalue weighted by Gasteiger charge is -2.03. The fraction of sp³-hybridized carbons (Fsp3) is 0.905. The molecule has 2 nitrogen and oxygen atoms in total. The van der Waals surface area contributed by atoms with Crippen LogP contribution in [0.1, 0.15) is 103 Å². The largest absolute Gasteiger partial charge is 0.395 e. The lowest BCUT2D eigenvalue weighted by molar-refractivity contribution is 0.292. The van der Waals surface area contributed by atoms with Crippen molar-refractivity contribution in [3.63, 3.8) is 0 Å². The fourth-order valence-corrected chi connectivity index (χ4v) is 2.88. The molecule has 2 N–H and O–H groups in total. The van der Waals surface area contributed by atoms with E-state index in [4.69, 9.17) is 5.11 Å². The van der Waals surface area contributed by atoms with Gasteiger partial charge in [-0.25, -0.2) is 0 Å². The van der Waals surface area contributed by atoms with Crippen molar-refractivity contribution in [1.82, 2.24) is 5.32 Å². The number of aliphatic hydroxyl groups is 1. The lowest BCUT2D eigenvalue weighted by atomic mass is 10.1. The van der Waals surface area contributed by atoms with Gasteiger partial charge in [-0.15, -0.1) is 0 Å². The van der Waals surface area contributed by atoms with Crippen LogP contribution in [0.25, 0.3) is 0 Å². The number of hydrogen-bond acceptors (Lipinski definition) is 2. The van der Waals surface area contributed by atoms with E-state index in [-0.39, 0.29) is 6.61 Å². The quantitative estimate of drug-likeness (QED) is 0.226. The second-order valence-electron chi connectivity index (χ2n) is 6.77. The van der Waals surface area contributed by atoms with Crippen LogP contribution in [0.15, 0.2) is 12.2 Å². The van der Waals surface area contributed by atoms with Crippen molar-refractivity contribution in [2.45, 2.75) is 103 Å². The first kappa shape index (κ1) is 22.7. The fourth-order valence-electron chi connectivity index (χ4n) is 2.88. The normalized spacial score (nSPS) is 11.6. The third-order valence-electron chi connectivity index (χ3n) is 4.40. The second kappa shape index (κ2) is 21.7. The van der Waals surface area contributed by atoms with E-state index >= 15 is 0 Å². The minimum absolute atomic E-state index is 0.257. The van der Waals surface area contributed by atoms with Gasteiger partial charge in [0.05, 0.1) is 6.61 Å². The molecule has 0 saturated heterocycles. The third-order valence-corrected chi connectivity index (χ3v) is 4.40. The van der Waals surface area contributed by atoms with Gasteiger partial charge in [-0.05, 0) is 38.6 Å².